The van der Waals surface area contributed by atoms with Gasteiger partial charge in [0.15, 0.2) is 0 Å². The number of benzene rings is 2. The minimum absolute atomic E-state index is 0.159. The third-order valence-electron chi connectivity index (χ3n) is 3.54. The first-order valence-electron chi connectivity index (χ1n) is 6.78. The molecule has 2 rings (SSSR count). The molecule has 0 heterocycles. The van der Waals surface area contributed by atoms with Crippen molar-refractivity contribution in [3.63, 3.8) is 0 Å². The molecule has 0 amide bonds. The molecule has 3 nitrogen and oxygen atoms in total. The molecule has 0 saturated heterocycles. The molecule has 0 aliphatic rings. The summed E-state index contributed by atoms with van der Waals surface area (Å²) in [6, 6.07) is 11.8. The number of aryl methyl sites for hydroxylation is 1. The van der Waals surface area contributed by atoms with E-state index in [9.17, 15) is 0 Å². The average Bonchev–Trinajstić information content (AvgIpc) is 2.50. The van der Waals surface area contributed by atoms with Gasteiger partial charge in [-0.1, -0.05) is 34.1 Å². The molecule has 0 saturated carbocycles. The van der Waals surface area contributed by atoms with E-state index in [4.69, 9.17) is 15.2 Å². The van der Waals surface area contributed by atoms with Crippen molar-refractivity contribution in [1.82, 2.24) is 0 Å². The Morgan fingerprint density at radius 3 is 2.43 bits per heavy atom. The Morgan fingerprint density at radius 2 is 1.76 bits per heavy atom. The van der Waals surface area contributed by atoms with E-state index in [1.54, 1.807) is 14.2 Å². The van der Waals surface area contributed by atoms with Crippen molar-refractivity contribution in [2.75, 3.05) is 14.2 Å². The Morgan fingerprint density at radius 1 is 1.10 bits per heavy atom. The van der Waals surface area contributed by atoms with Crippen LogP contribution >= 0.6 is 15.9 Å². The molecule has 2 aromatic carbocycles. The third-order valence-corrected chi connectivity index (χ3v) is 4.40. The summed E-state index contributed by atoms with van der Waals surface area (Å²) in [4.78, 5) is 0. The van der Waals surface area contributed by atoms with Crippen LogP contribution in [-0.2, 0) is 6.42 Å². The molecular formula is C17H20BrNO2. The lowest BCUT2D eigenvalue weighted by Gasteiger charge is -2.18. The van der Waals surface area contributed by atoms with Gasteiger partial charge in [0.05, 0.1) is 14.2 Å². The number of ether oxygens (including phenoxy) is 2. The lowest BCUT2D eigenvalue weighted by Crippen LogP contribution is -2.15. The molecule has 0 spiro atoms. The maximum Gasteiger partial charge on any atom is 0.123 e. The highest BCUT2D eigenvalue weighted by Gasteiger charge is 2.16. The first-order chi connectivity index (χ1) is 10.1. The highest BCUT2D eigenvalue weighted by Crippen LogP contribution is 2.33. The maximum absolute atomic E-state index is 6.39. The van der Waals surface area contributed by atoms with E-state index in [1.165, 1.54) is 0 Å². The molecule has 1 atom stereocenters. The van der Waals surface area contributed by atoms with Crippen molar-refractivity contribution < 1.29 is 9.47 Å². The van der Waals surface area contributed by atoms with Crippen LogP contribution in [-0.4, -0.2) is 14.2 Å². The van der Waals surface area contributed by atoms with E-state index in [-0.39, 0.29) is 6.04 Å². The monoisotopic (exact) mass is 349 g/mol. The fourth-order valence-electron chi connectivity index (χ4n) is 2.36. The van der Waals surface area contributed by atoms with Gasteiger partial charge in [0.25, 0.3) is 0 Å². The quantitative estimate of drug-likeness (QED) is 0.886. The van der Waals surface area contributed by atoms with Crippen LogP contribution in [0, 0.1) is 6.92 Å². The molecule has 0 radical (unpaired) electrons. The molecular weight excluding hydrogens is 330 g/mol. The van der Waals surface area contributed by atoms with Crippen LogP contribution < -0.4 is 15.2 Å². The fraction of sp³-hybridized carbons (Fsp3) is 0.294. The zero-order valence-corrected chi connectivity index (χ0v) is 14.1. The second-order valence-corrected chi connectivity index (χ2v) is 5.82. The SMILES string of the molecule is COc1ccccc1CC(N)c1cc(Br)c(C)cc1OC. The molecule has 0 aliphatic carbocycles. The Bertz CT molecular complexity index is 628. The van der Waals surface area contributed by atoms with Crippen LogP contribution in [0.2, 0.25) is 0 Å². The van der Waals surface area contributed by atoms with E-state index in [0.29, 0.717) is 6.42 Å². The Hall–Kier alpha value is -1.52. The number of hydrogen-bond donors (Lipinski definition) is 1. The number of halogens is 1. The number of para-hydroxylation sites is 1. The normalized spacial score (nSPS) is 12.0. The predicted molar refractivity (Wildman–Crippen MR) is 89.1 cm³/mol. The smallest absolute Gasteiger partial charge is 0.123 e. The number of hydrogen-bond acceptors (Lipinski definition) is 3. The summed E-state index contributed by atoms with van der Waals surface area (Å²) in [5.74, 6) is 1.68. The van der Waals surface area contributed by atoms with Crippen molar-refractivity contribution in [3.05, 3.63) is 57.6 Å². The second-order valence-electron chi connectivity index (χ2n) is 4.97. The van der Waals surface area contributed by atoms with Gasteiger partial charge in [-0.25, -0.2) is 0 Å². The van der Waals surface area contributed by atoms with Crippen LogP contribution in [0.5, 0.6) is 11.5 Å². The van der Waals surface area contributed by atoms with Gasteiger partial charge in [0.2, 0.25) is 0 Å². The van der Waals surface area contributed by atoms with Gasteiger partial charge in [-0.15, -0.1) is 0 Å². The van der Waals surface area contributed by atoms with Crippen LogP contribution in [0.4, 0.5) is 0 Å². The summed E-state index contributed by atoms with van der Waals surface area (Å²) < 4.78 is 11.9. The molecule has 112 valence electrons. The Labute approximate surface area is 134 Å². The van der Waals surface area contributed by atoms with Crippen LogP contribution in [0.25, 0.3) is 0 Å². The zero-order chi connectivity index (χ0) is 15.4. The molecule has 0 fully saturated rings. The van der Waals surface area contributed by atoms with E-state index in [0.717, 1.165) is 32.7 Å². The number of nitrogens with two attached hydrogens (primary N) is 1. The minimum atomic E-state index is -0.159. The molecule has 2 N–H and O–H groups in total. The molecule has 0 bridgehead atoms. The Kier molecular flexibility index (Phi) is 5.26. The van der Waals surface area contributed by atoms with Gasteiger partial charge in [0, 0.05) is 16.1 Å². The highest BCUT2D eigenvalue weighted by molar-refractivity contribution is 9.10. The summed E-state index contributed by atoms with van der Waals surface area (Å²) in [7, 11) is 3.34. The summed E-state index contributed by atoms with van der Waals surface area (Å²) in [5, 5.41) is 0. The number of methoxy groups -OCH3 is 2. The number of rotatable bonds is 5. The summed E-state index contributed by atoms with van der Waals surface area (Å²) in [5.41, 5.74) is 9.59. The topological polar surface area (TPSA) is 44.5 Å². The molecule has 0 aliphatic heterocycles. The second kappa shape index (κ2) is 6.96. The van der Waals surface area contributed by atoms with Gasteiger partial charge < -0.3 is 15.2 Å². The first kappa shape index (κ1) is 15.9. The fourth-order valence-corrected chi connectivity index (χ4v) is 2.72. The van der Waals surface area contributed by atoms with Crippen molar-refractivity contribution in [2.24, 2.45) is 5.73 Å². The highest BCUT2D eigenvalue weighted by atomic mass is 79.9. The van der Waals surface area contributed by atoms with Crippen LogP contribution in [0.3, 0.4) is 0 Å². The van der Waals surface area contributed by atoms with Gasteiger partial charge in [-0.2, -0.15) is 0 Å². The van der Waals surface area contributed by atoms with Gasteiger partial charge in [-0.3, -0.25) is 0 Å². The summed E-state index contributed by atoms with van der Waals surface area (Å²) in [6.07, 6.45) is 0.690. The molecule has 1 unspecified atom stereocenters. The van der Waals surface area contributed by atoms with E-state index in [1.807, 2.05) is 43.3 Å². The van der Waals surface area contributed by atoms with Gasteiger partial charge in [0.1, 0.15) is 11.5 Å². The van der Waals surface area contributed by atoms with E-state index < -0.39 is 0 Å². The largest absolute Gasteiger partial charge is 0.496 e. The minimum Gasteiger partial charge on any atom is -0.496 e. The molecule has 4 heteroatoms. The molecule has 0 aromatic heterocycles. The first-order valence-corrected chi connectivity index (χ1v) is 7.57. The predicted octanol–water partition coefficient (Wildman–Crippen LogP) is 4.02. The maximum atomic E-state index is 6.39. The van der Waals surface area contributed by atoms with Crippen LogP contribution in [0.1, 0.15) is 22.7 Å². The van der Waals surface area contributed by atoms with Crippen molar-refractivity contribution in [2.45, 2.75) is 19.4 Å². The lowest BCUT2D eigenvalue weighted by molar-refractivity contribution is 0.400. The lowest BCUT2D eigenvalue weighted by atomic mass is 9.97. The van der Waals surface area contributed by atoms with Crippen molar-refractivity contribution in [1.29, 1.82) is 0 Å². The molecule has 2 aromatic rings. The van der Waals surface area contributed by atoms with E-state index in [2.05, 4.69) is 15.9 Å². The average molecular weight is 350 g/mol. The van der Waals surface area contributed by atoms with Crippen molar-refractivity contribution in [3.8, 4) is 11.5 Å². The summed E-state index contributed by atoms with van der Waals surface area (Å²) >= 11 is 3.56. The van der Waals surface area contributed by atoms with E-state index >= 15 is 0 Å². The van der Waals surface area contributed by atoms with Crippen molar-refractivity contribution >= 4 is 15.9 Å². The van der Waals surface area contributed by atoms with Crippen LogP contribution in [0.15, 0.2) is 40.9 Å². The van der Waals surface area contributed by atoms with Gasteiger partial charge in [-0.05, 0) is 42.7 Å². The summed E-state index contributed by atoms with van der Waals surface area (Å²) in [6.45, 7) is 2.03. The zero-order valence-electron chi connectivity index (χ0n) is 12.5. The molecule has 21 heavy (non-hydrogen) atoms. The third kappa shape index (κ3) is 3.57. The Balaban J connectivity index is 2.32. The van der Waals surface area contributed by atoms with Gasteiger partial charge >= 0.3 is 0 Å². The standard InChI is InChI=1S/C17H20BrNO2/c1-11-8-17(21-3)13(10-14(11)18)15(19)9-12-6-4-5-7-16(12)20-2/h4-8,10,15H,9,19H2,1-3H3.